The largest absolute Gasteiger partial charge is 0.454 e. The number of ketones is 1. The normalized spacial score (nSPS) is 12.5. The summed E-state index contributed by atoms with van der Waals surface area (Å²) in [5.41, 5.74) is 1.17. The molecule has 148 valence electrons. The summed E-state index contributed by atoms with van der Waals surface area (Å²) in [5, 5.41) is 2.63. The zero-order valence-corrected chi connectivity index (χ0v) is 16.3. The number of ether oxygens (including phenoxy) is 2. The highest BCUT2D eigenvalue weighted by atomic mass is 32.2. The molecule has 0 unspecified atom stereocenters. The second-order valence-electron chi connectivity index (χ2n) is 6.13. The summed E-state index contributed by atoms with van der Waals surface area (Å²) in [5.74, 6) is 0.0997. The molecule has 2 aromatic rings. The Kier molecular flexibility index (Phi) is 5.55. The summed E-state index contributed by atoms with van der Waals surface area (Å²) in [6, 6.07) is 11.1. The molecule has 28 heavy (non-hydrogen) atoms. The highest BCUT2D eigenvalue weighted by molar-refractivity contribution is 7.92. The molecule has 9 heteroatoms. The number of fused-ring (bicyclic) bond motifs is 1. The molecule has 1 heterocycles. The zero-order valence-electron chi connectivity index (χ0n) is 15.5. The molecule has 0 bridgehead atoms. The smallest absolute Gasteiger partial charge is 0.245 e. The Bertz CT molecular complexity index is 1020. The standard InChI is InChI=1S/C19H20N2O6S/c1-3-28(24,25)21(16-7-8-17-18(10-16)27-12-26-17)11-19(23)20-15-6-4-5-14(9-15)13(2)22/h4-10H,3,11-12H2,1-2H3,(H,20,23). The van der Waals surface area contributed by atoms with Crippen LogP contribution < -0.4 is 19.1 Å². The molecular formula is C19H20N2O6S. The molecule has 0 saturated heterocycles. The number of benzene rings is 2. The molecular weight excluding hydrogens is 384 g/mol. The number of amides is 1. The van der Waals surface area contributed by atoms with Crippen LogP contribution in [0, 0.1) is 0 Å². The molecule has 1 amide bonds. The van der Waals surface area contributed by atoms with Gasteiger partial charge in [0, 0.05) is 17.3 Å². The van der Waals surface area contributed by atoms with Crippen LogP contribution in [-0.2, 0) is 14.8 Å². The van der Waals surface area contributed by atoms with Crippen molar-refractivity contribution in [1.29, 1.82) is 0 Å². The SMILES string of the molecule is CCS(=O)(=O)N(CC(=O)Nc1cccc(C(C)=O)c1)c1ccc2c(c1)OCO2. The van der Waals surface area contributed by atoms with Crippen molar-refractivity contribution in [2.45, 2.75) is 13.8 Å². The fourth-order valence-corrected chi connectivity index (χ4v) is 3.75. The van der Waals surface area contributed by atoms with Gasteiger partial charge in [0.15, 0.2) is 17.3 Å². The Labute approximate surface area is 163 Å². The van der Waals surface area contributed by atoms with Crippen LogP contribution in [0.15, 0.2) is 42.5 Å². The molecule has 0 spiro atoms. The van der Waals surface area contributed by atoms with Crippen LogP contribution >= 0.6 is 0 Å². The average Bonchev–Trinajstić information content (AvgIpc) is 3.14. The number of nitrogens with one attached hydrogen (secondary N) is 1. The lowest BCUT2D eigenvalue weighted by Crippen LogP contribution is -2.39. The van der Waals surface area contributed by atoms with E-state index in [1.54, 1.807) is 36.4 Å². The number of hydrogen-bond donors (Lipinski definition) is 1. The molecule has 3 rings (SSSR count). The van der Waals surface area contributed by atoms with E-state index in [2.05, 4.69) is 5.32 Å². The lowest BCUT2D eigenvalue weighted by atomic mass is 10.1. The van der Waals surface area contributed by atoms with E-state index in [-0.39, 0.29) is 18.3 Å². The average molecular weight is 404 g/mol. The van der Waals surface area contributed by atoms with Gasteiger partial charge in [-0.15, -0.1) is 0 Å². The Morgan fingerprint density at radius 3 is 2.57 bits per heavy atom. The number of nitrogens with zero attached hydrogens (tertiary/aromatic N) is 1. The molecule has 8 nitrogen and oxygen atoms in total. The minimum Gasteiger partial charge on any atom is -0.454 e. The topological polar surface area (TPSA) is 102 Å². The molecule has 0 fully saturated rings. The number of rotatable bonds is 7. The van der Waals surface area contributed by atoms with Gasteiger partial charge in [-0.2, -0.15) is 0 Å². The first-order valence-corrected chi connectivity index (χ1v) is 10.2. The first-order chi connectivity index (χ1) is 13.3. The van der Waals surface area contributed by atoms with Crippen molar-refractivity contribution in [1.82, 2.24) is 0 Å². The van der Waals surface area contributed by atoms with Gasteiger partial charge in [0.25, 0.3) is 0 Å². The van der Waals surface area contributed by atoms with E-state index in [1.807, 2.05) is 0 Å². The summed E-state index contributed by atoms with van der Waals surface area (Å²) in [6.07, 6.45) is 0. The highest BCUT2D eigenvalue weighted by Crippen LogP contribution is 2.36. The maximum absolute atomic E-state index is 12.6. The second kappa shape index (κ2) is 7.89. The first kappa shape index (κ1) is 19.7. The van der Waals surface area contributed by atoms with Gasteiger partial charge < -0.3 is 14.8 Å². The van der Waals surface area contributed by atoms with Crippen molar-refractivity contribution in [2.75, 3.05) is 28.7 Å². The van der Waals surface area contributed by atoms with Gasteiger partial charge in [-0.3, -0.25) is 13.9 Å². The summed E-state index contributed by atoms with van der Waals surface area (Å²) in [6.45, 7) is 2.58. The number of Topliss-reactive ketones (excluding diaryl/α,β-unsaturated/α-hetero) is 1. The molecule has 0 aromatic heterocycles. The van der Waals surface area contributed by atoms with Crippen molar-refractivity contribution in [3.05, 3.63) is 48.0 Å². The van der Waals surface area contributed by atoms with Crippen LogP contribution in [0.5, 0.6) is 11.5 Å². The third kappa shape index (κ3) is 4.25. The molecule has 2 aromatic carbocycles. The number of carbonyl (C=O) groups is 2. The number of carbonyl (C=O) groups excluding carboxylic acids is 2. The predicted octanol–water partition coefficient (Wildman–Crippen LogP) is 2.41. The third-order valence-electron chi connectivity index (χ3n) is 4.18. The van der Waals surface area contributed by atoms with Crippen LogP contribution in [0.2, 0.25) is 0 Å². The van der Waals surface area contributed by atoms with Gasteiger partial charge in [0.1, 0.15) is 6.54 Å². The van der Waals surface area contributed by atoms with Crippen molar-refractivity contribution < 1.29 is 27.5 Å². The van der Waals surface area contributed by atoms with Crippen LogP contribution in [0.4, 0.5) is 11.4 Å². The Hall–Kier alpha value is -3.07. The monoisotopic (exact) mass is 404 g/mol. The van der Waals surface area contributed by atoms with E-state index in [4.69, 9.17) is 9.47 Å². The molecule has 0 saturated carbocycles. The quantitative estimate of drug-likeness (QED) is 0.711. The first-order valence-electron chi connectivity index (χ1n) is 8.61. The van der Waals surface area contributed by atoms with Crippen LogP contribution in [0.25, 0.3) is 0 Å². The highest BCUT2D eigenvalue weighted by Gasteiger charge is 2.26. The Morgan fingerprint density at radius 1 is 1.11 bits per heavy atom. The van der Waals surface area contributed by atoms with Gasteiger partial charge in [-0.05, 0) is 38.1 Å². The molecule has 1 aliphatic heterocycles. The van der Waals surface area contributed by atoms with Gasteiger partial charge in [-0.25, -0.2) is 8.42 Å². The van der Waals surface area contributed by atoms with Crippen LogP contribution in [0.3, 0.4) is 0 Å². The fourth-order valence-electron chi connectivity index (χ4n) is 2.69. The lowest BCUT2D eigenvalue weighted by molar-refractivity contribution is -0.114. The fraction of sp³-hybridized carbons (Fsp3) is 0.263. The van der Waals surface area contributed by atoms with Gasteiger partial charge in [0.2, 0.25) is 22.7 Å². The van der Waals surface area contributed by atoms with Gasteiger partial charge >= 0.3 is 0 Å². The Balaban J connectivity index is 1.83. The van der Waals surface area contributed by atoms with Crippen molar-refractivity contribution in [3.63, 3.8) is 0 Å². The molecule has 0 aliphatic carbocycles. The third-order valence-corrected chi connectivity index (χ3v) is 5.93. The van der Waals surface area contributed by atoms with E-state index in [9.17, 15) is 18.0 Å². The van der Waals surface area contributed by atoms with Crippen LogP contribution in [0.1, 0.15) is 24.2 Å². The lowest BCUT2D eigenvalue weighted by Gasteiger charge is -2.23. The molecule has 1 N–H and O–H groups in total. The minimum absolute atomic E-state index is 0.0618. The van der Waals surface area contributed by atoms with Gasteiger partial charge in [-0.1, -0.05) is 12.1 Å². The zero-order chi connectivity index (χ0) is 20.3. The maximum atomic E-state index is 12.6. The molecule has 1 aliphatic rings. The second-order valence-corrected chi connectivity index (χ2v) is 8.31. The number of anilines is 2. The van der Waals surface area contributed by atoms with E-state index in [0.717, 1.165) is 4.31 Å². The van der Waals surface area contributed by atoms with Crippen LogP contribution in [-0.4, -0.2) is 39.2 Å². The van der Waals surface area contributed by atoms with E-state index in [1.165, 1.54) is 19.9 Å². The van der Waals surface area contributed by atoms with Crippen molar-refractivity contribution in [2.24, 2.45) is 0 Å². The summed E-state index contributed by atoms with van der Waals surface area (Å²) in [7, 11) is -3.72. The summed E-state index contributed by atoms with van der Waals surface area (Å²) in [4.78, 5) is 24.0. The molecule has 0 radical (unpaired) electrons. The van der Waals surface area contributed by atoms with E-state index >= 15 is 0 Å². The van der Waals surface area contributed by atoms with Crippen molar-refractivity contribution >= 4 is 33.1 Å². The number of sulfonamides is 1. The summed E-state index contributed by atoms with van der Waals surface area (Å²) >= 11 is 0. The molecule has 0 atom stereocenters. The van der Waals surface area contributed by atoms with E-state index < -0.39 is 22.5 Å². The van der Waals surface area contributed by atoms with Gasteiger partial charge in [0.05, 0.1) is 11.4 Å². The van der Waals surface area contributed by atoms with E-state index in [0.29, 0.717) is 28.4 Å². The minimum atomic E-state index is -3.72. The summed E-state index contributed by atoms with van der Waals surface area (Å²) < 4.78 is 36.7. The van der Waals surface area contributed by atoms with Crippen molar-refractivity contribution in [3.8, 4) is 11.5 Å². The maximum Gasteiger partial charge on any atom is 0.245 e. The number of hydrogen-bond acceptors (Lipinski definition) is 6. The predicted molar refractivity (Wildman–Crippen MR) is 104 cm³/mol. The Morgan fingerprint density at radius 2 is 1.86 bits per heavy atom.